The highest BCUT2D eigenvalue weighted by atomic mass is 32.2. The Bertz CT molecular complexity index is 944. The molecule has 1 fully saturated rings. The molecule has 4 rings (SSSR count). The number of hydrogen-bond donors (Lipinski definition) is 0. The predicted octanol–water partition coefficient (Wildman–Crippen LogP) is 1.76. The van der Waals surface area contributed by atoms with Gasteiger partial charge >= 0.3 is 0 Å². The van der Waals surface area contributed by atoms with E-state index in [4.69, 9.17) is 4.74 Å². The summed E-state index contributed by atoms with van der Waals surface area (Å²) in [7, 11) is -1.92. The molecule has 0 spiro atoms. The molecule has 25 heavy (non-hydrogen) atoms. The van der Waals surface area contributed by atoms with Gasteiger partial charge in [-0.3, -0.25) is 0 Å². The zero-order chi connectivity index (χ0) is 17.4. The summed E-state index contributed by atoms with van der Waals surface area (Å²) in [6.07, 6.45) is 3.08. The Hall–Kier alpha value is -2.04. The molecule has 1 aliphatic rings. The molecule has 0 atom stereocenters. The fourth-order valence-corrected chi connectivity index (χ4v) is 5.44. The van der Waals surface area contributed by atoms with Crippen LogP contribution in [0.5, 0.6) is 5.75 Å². The summed E-state index contributed by atoms with van der Waals surface area (Å²) in [5.41, 5.74) is 0. The van der Waals surface area contributed by atoms with Gasteiger partial charge in [0, 0.05) is 19.0 Å². The van der Waals surface area contributed by atoms with Crippen molar-refractivity contribution in [3.63, 3.8) is 0 Å². The lowest BCUT2D eigenvalue weighted by molar-refractivity contribution is 0.318. The number of piperidine rings is 1. The van der Waals surface area contributed by atoms with Crippen LogP contribution < -0.4 is 4.74 Å². The van der Waals surface area contributed by atoms with Crippen molar-refractivity contribution in [1.82, 2.24) is 24.1 Å². The first-order chi connectivity index (χ1) is 12.1. The monoisotopic (exact) mass is 379 g/mol. The zero-order valence-corrected chi connectivity index (χ0v) is 15.2. The van der Waals surface area contributed by atoms with E-state index >= 15 is 0 Å². The third-order valence-electron chi connectivity index (χ3n) is 4.40. The van der Waals surface area contributed by atoms with E-state index in [9.17, 15) is 8.42 Å². The molecule has 1 aliphatic heterocycles. The molecule has 0 N–H and O–H groups in total. The molecular weight excluding hydrogens is 362 g/mol. The molecular formula is C15H17N5O3S2. The maximum Gasteiger partial charge on any atom is 0.243 e. The van der Waals surface area contributed by atoms with Crippen molar-refractivity contribution in [2.45, 2.75) is 23.7 Å². The molecule has 132 valence electrons. The van der Waals surface area contributed by atoms with Gasteiger partial charge in [0.25, 0.3) is 0 Å². The Morgan fingerprint density at radius 1 is 1.20 bits per heavy atom. The van der Waals surface area contributed by atoms with Crippen LogP contribution >= 0.6 is 11.3 Å². The van der Waals surface area contributed by atoms with Crippen molar-refractivity contribution in [2.24, 2.45) is 0 Å². The van der Waals surface area contributed by atoms with Gasteiger partial charge in [-0.15, -0.1) is 10.2 Å². The molecule has 0 saturated carbocycles. The van der Waals surface area contributed by atoms with E-state index in [1.54, 1.807) is 46.5 Å². The van der Waals surface area contributed by atoms with Gasteiger partial charge in [0.05, 0.1) is 12.0 Å². The molecule has 2 aromatic heterocycles. The van der Waals surface area contributed by atoms with Crippen molar-refractivity contribution in [3.8, 4) is 5.75 Å². The number of hydrogen-bond acceptors (Lipinski definition) is 7. The van der Waals surface area contributed by atoms with Crippen molar-refractivity contribution in [2.75, 3.05) is 20.2 Å². The van der Waals surface area contributed by atoms with Gasteiger partial charge in [-0.05, 0) is 37.1 Å². The van der Waals surface area contributed by atoms with Crippen LogP contribution in [0.1, 0.15) is 23.8 Å². The Morgan fingerprint density at radius 3 is 2.56 bits per heavy atom. The topological polar surface area (TPSA) is 89.7 Å². The quantitative estimate of drug-likeness (QED) is 0.686. The normalized spacial score (nSPS) is 17.2. The van der Waals surface area contributed by atoms with Crippen LogP contribution in [0, 0.1) is 0 Å². The van der Waals surface area contributed by atoms with E-state index in [1.165, 1.54) is 11.3 Å². The summed E-state index contributed by atoms with van der Waals surface area (Å²) in [6.45, 7) is 0.971. The van der Waals surface area contributed by atoms with Crippen LogP contribution in [-0.2, 0) is 10.0 Å². The highest BCUT2D eigenvalue weighted by Crippen LogP contribution is 2.33. The van der Waals surface area contributed by atoms with E-state index < -0.39 is 10.0 Å². The standard InChI is InChI=1S/C15H17N5O3S2/c1-23-12-2-4-13(5-3-12)25(21,22)19-8-6-11(7-9-19)14-18-20-10-16-17-15(20)24-14/h2-5,10-11H,6-9H2,1H3. The van der Waals surface area contributed by atoms with Gasteiger partial charge in [0.2, 0.25) is 15.0 Å². The number of ether oxygens (including phenoxy) is 1. The summed E-state index contributed by atoms with van der Waals surface area (Å²) in [4.78, 5) is 1.06. The Labute approximate surface area is 149 Å². The summed E-state index contributed by atoms with van der Waals surface area (Å²) in [5, 5.41) is 13.3. The molecule has 3 aromatic rings. The van der Waals surface area contributed by atoms with Gasteiger partial charge in [-0.1, -0.05) is 11.3 Å². The molecule has 1 saturated heterocycles. The molecule has 0 aliphatic carbocycles. The molecule has 0 bridgehead atoms. The minimum Gasteiger partial charge on any atom is -0.497 e. The number of nitrogens with zero attached hydrogens (tertiary/aromatic N) is 5. The smallest absolute Gasteiger partial charge is 0.243 e. The SMILES string of the molecule is COc1ccc(S(=O)(=O)N2CCC(c3nn4cnnc4s3)CC2)cc1. The molecule has 0 amide bonds. The number of rotatable bonds is 4. The first kappa shape index (κ1) is 16.4. The molecule has 8 nitrogen and oxygen atoms in total. The fraction of sp³-hybridized carbons (Fsp3) is 0.400. The molecule has 0 unspecified atom stereocenters. The molecule has 0 radical (unpaired) electrons. The van der Waals surface area contributed by atoms with Crippen LogP contribution in [0.25, 0.3) is 4.96 Å². The maximum atomic E-state index is 12.8. The number of benzene rings is 1. The van der Waals surface area contributed by atoms with Crippen LogP contribution in [-0.4, -0.2) is 52.7 Å². The number of methoxy groups -OCH3 is 1. The lowest BCUT2D eigenvalue weighted by Crippen LogP contribution is -2.37. The summed E-state index contributed by atoms with van der Waals surface area (Å²) in [5.74, 6) is 0.898. The largest absolute Gasteiger partial charge is 0.497 e. The summed E-state index contributed by atoms with van der Waals surface area (Å²) >= 11 is 1.52. The predicted molar refractivity (Wildman–Crippen MR) is 92.4 cm³/mol. The van der Waals surface area contributed by atoms with Gasteiger partial charge < -0.3 is 4.74 Å². The average molecular weight is 379 g/mol. The van der Waals surface area contributed by atoms with Gasteiger partial charge in [-0.2, -0.15) is 13.9 Å². The minimum absolute atomic E-state index is 0.258. The number of aromatic nitrogens is 4. The molecule has 3 heterocycles. The third kappa shape index (κ3) is 3.00. The van der Waals surface area contributed by atoms with Crippen molar-refractivity contribution in [3.05, 3.63) is 35.6 Å². The Morgan fingerprint density at radius 2 is 1.92 bits per heavy atom. The van der Waals surface area contributed by atoms with Crippen LogP contribution in [0.4, 0.5) is 0 Å². The fourth-order valence-electron chi connectivity index (χ4n) is 2.98. The van der Waals surface area contributed by atoms with Gasteiger partial charge in [0.15, 0.2) is 0 Å². The summed E-state index contributed by atoms with van der Waals surface area (Å²) < 4.78 is 33.9. The molecule has 10 heteroatoms. The minimum atomic E-state index is -3.47. The third-order valence-corrected chi connectivity index (χ3v) is 7.39. The van der Waals surface area contributed by atoms with E-state index in [-0.39, 0.29) is 5.92 Å². The van der Waals surface area contributed by atoms with E-state index in [0.29, 0.717) is 23.7 Å². The number of sulfonamides is 1. The van der Waals surface area contributed by atoms with Crippen molar-refractivity contribution in [1.29, 1.82) is 0 Å². The van der Waals surface area contributed by atoms with Gasteiger partial charge in [0.1, 0.15) is 17.1 Å². The van der Waals surface area contributed by atoms with Crippen LogP contribution in [0.2, 0.25) is 0 Å². The maximum absolute atomic E-state index is 12.8. The highest BCUT2D eigenvalue weighted by molar-refractivity contribution is 7.89. The summed E-state index contributed by atoms with van der Waals surface area (Å²) in [6, 6.07) is 6.50. The second-order valence-corrected chi connectivity index (χ2v) is 8.78. The first-order valence-electron chi connectivity index (χ1n) is 7.89. The first-order valence-corrected chi connectivity index (χ1v) is 10.1. The Kier molecular flexibility index (Phi) is 4.18. The molecule has 1 aromatic carbocycles. The second-order valence-electron chi connectivity index (χ2n) is 5.85. The van der Waals surface area contributed by atoms with Gasteiger partial charge in [-0.25, -0.2) is 8.42 Å². The highest BCUT2D eigenvalue weighted by Gasteiger charge is 2.31. The van der Waals surface area contributed by atoms with E-state index in [2.05, 4.69) is 15.3 Å². The zero-order valence-electron chi connectivity index (χ0n) is 13.6. The van der Waals surface area contributed by atoms with Crippen molar-refractivity contribution < 1.29 is 13.2 Å². The van der Waals surface area contributed by atoms with Crippen LogP contribution in [0.15, 0.2) is 35.5 Å². The lowest BCUT2D eigenvalue weighted by atomic mass is 9.99. The number of fused-ring (bicyclic) bond motifs is 1. The lowest BCUT2D eigenvalue weighted by Gasteiger charge is -2.30. The van der Waals surface area contributed by atoms with E-state index in [1.807, 2.05) is 0 Å². The van der Waals surface area contributed by atoms with Crippen LogP contribution in [0.3, 0.4) is 0 Å². The van der Waals surface area contributed by atoms with Crippen molar-refractivity contribution >= 4 is 26.3 Å². The second kappa shape index (κ2) is 6.36. The Balaban J connectivity index is 1.47. The van der Waals surface area contributed by atoms with E-state index in [0.717, 1.165) is 22.8 Å². The average Bonchev–Trinajstić information content (AvgIpc) is 3.24.